The third kappa shape index (κ3) is 7.79. The number of nitrogens with zero attached hydrogens (tertiary/aromatic N) is 2. The molecular weight excluding hydrogens is 352 g/mol. The summed E-state index contributed by atoms with van der Waals surface area (Å²) in [5, 5.41) is 40.3. The van der Waals surface area contributed by atoms with Crippen LogP contribution in [0.2, 0.25) is 0 Å². The molecule has 1 aliphatic heterocycles. The first kappa shape index (κ1) is 22.2. The molecule has 0 unspecified atom stereocenters. The molecule has 8 heteroatoms. The van der Waals surface area contributed by atoms with Crippen LogP contribution in [0.15, 0.2) is 24.5 Å². The lowest BCUT2D eigenvalue weighted by Crippen LogP contribution is -2.51. The molecule has 0 aliphatic carbocycles. The molecule has 0 radical (unpaired) electrons. The maximum Gasteiger partial charge on any atom is 0.114 e. The summed E-state index contributed by atoms with van der Waals surface area (Å²) in [5.74, 6) is 0. The third-order valence-electron chi connectivity index (χ3n) is 4.65. The Bertz CT molecular complexity index is 506. The second-order valence-electron chi connectivity index (χ2n) is 6.91. The van der Waals surface area contributed by atoms with E-state index in [0.717, 1.165) is 18.4 Å². The molecule has 2 heterocycles. The molecule has 0 spiro atoms. The summed E-state index contributed by atoms with van der Waals surface area (Å²) in [6, 6.07) is 3.82. The zero-order valence-electron chi connectivity index (χ0n) is 15.7. The molecule has 4 atom stereocenters. The van der Waals surface area contributed by atoms with Crippen molar-refractivity contribution in [3.8, 4) is 0 Å². The quantitative estimate of drug-likeness (QED) is 0.552. The molecule has 0 amide bonds. The molecule has 1 aromatic rings. The Kier molecular flexibility index (Phi) is 10.1. The number of ether oxygens (including phenoxy) is 2. The first-order chi connectivity index (χ1) is 13.1. The van der Waals surface area contributed by atoms with Gasteiger partial charge in [0.15, 0.2) is 0 Å². The SMILES string of the molecule is OC[C@@H](O)[C@H]1OCCCCOCCCN(Cc2ccncc2)C[C@@H](O)[C@H]1O. The number of hydrogen-bond donors (Lipinski definition) is 4. The molecule has 2 rings (SSSR count). The lowest BCUT2D eigenvalue weighted by molar-refractivity contribution is -0.147. The van der Waals surface area contributed by atoms with Gasteiger partial charge in [-0.25, -0.2) is 0 Å². The van der Waals surface area contributed by atoms with Gasteiger partial charge in [0.25, 0.3) is 0 Å². The second-order valence-corrected chi connectivity index (χ2v) is 6.91. The van der Waals surface area contributed by atoms with Crippen LogP contribution in [0.1, 0.15) is 24.8 Å². The van der Waals surface area contributed by atoms with E-state index in [1.807, 2.05) is 17.0 Å². The summed E-state index contributed by atoms with van der Waals surface area (Å²) >= 11 is 0. The molecule has 8 nitrogen and oxygen atoms in total. The minimum absolute atomic E-state index is 0.210. The fourth-order valence-electron chi connectivity index (χ4n) is 3.13. The number of aliphatic hydroxyl groups excluding tert-OH is 4. The Balaban J connectivity index is 2.06. The summed E-state index contributed by atoms with van der Waals surface area (Å²) in [5.41, 5.74) is 1.05. The summed E-state index contributed by atoms with van der Waals surface area (Å²) in [6.07, 6.45) is 1.04. The van der Waals surface area contributed by atoms with Gasteiger partial charge in [-0.05, 0) is 37.0 Å². The van der Waals surface area contributed by atoms with E-state index >= 15 is 0 Å². The second kappa shape index (κ2) is 12.4. The van der Waals surface area contributed by atoms with Gasteiger partial charge in [-0.3, -0.25) is 9.88 Å². The molecule has 0 bridgehead atoms. The highest BCUT2D eigenvalue weighted by atomic mass is 16.5. The molecule has 1 fully saturated rings. The van der Waals surface area contributed by atoms with Crippen LogP contribution in [0.25, 0.3) is 0 Å². The van der Waals surface area contributed by atoms with Crippen LogP contribution in [0.5, 0.6) is 0 Å². The van der Waals surface area contributed by atoms with Gasteiger partial charge in [0.1, 0.15) is 18.3 Å². The summed E-state index contributed by atoms with van der Waals surface area (Å²) < 4.78 is 11.2. The smallest absolute Gasteiger partial charge is 0.114 e. The Morgan fingerprint density at radius 3 is 2.56 bits per heavy atom. The Morgan fingerprint density at radius 1 is 1.11 bits per heavy atom. The maximum atomic E-state index is 10.5. The van der Waals surface area contributed by atoms with Gasteiger partial charge < -0.3 is 29.9 Å². The van der Waals surface area contributed by atoms with E-state index in [2.05, 4.69) is 4.98 Å². The van der Waals surface area contributed by atoms with Crippen molar-refractivity contribution >= 4 is 0 Å². The summed E-state index contributed by atoms with van der Waals surface area (Å²) in [7, 11) is 0. The van der Waals surface area contributed by atoms with E-state index in [1.165, 1.54) is 0 Å². The Labute approximate surface area is 160 Å². The first-order valence-electron chi connectivity index (χ1n) is 9.57. The van der Waals surface area contributed by atoms with E-state index in [4.69, 9.17) is 9.47 Å². The van der Waals surface area contributed by atoms with Gasteiger partial charge in [0, 0.05) is 51.8 Å². The van der Waals surface area contributed by atoms with Crippen LogP contribution in [-0.4, -0.2) is 94.2 Å². The van der Waals surface area contributed by atoms with E-state index in [1.54, 1.807) is 12.4 Å². The molecule has 27 heavy (non-hydrogen) atoms. The Morgan fingerprint density at radius 2 is 1.81 bits per heavy atom. The molecule has 154 valence electrons. The highest BCUT2D eigenvalue weighted by molar-refractivity contribution is 5.09. The van der Waals surface area contributed by atoms with Gasteiger partial charge in [0.05, 0.1) is 12.7 Å². The van der Waals surface area contributed by atoms with Gasteiger partial charge in [-0.1, -0.05) is 0 Å². The topological polar surface area (TPSA) is 116 Å². The highest BCUT2D eigenvalue weighted by Gasteiger charge is 2.33. The fraction of sp³-hybridized carbons (Fsp3) is 0.737. The zero-order valence-corrected chi connectivity index (χ0v) is 15.7. The summed E-state index contributed by atoms with van der Waals surface area (Å²) in [6.45, 7) is 2.54. The average molecular weight is 384 g/mol. The van der Waals surface area contributed by atoms with E-state index < -0.39 is 31.0 Å². The van der Waals surface area contributed by atoms with Crippen molar-refractivity contribution in [2.75, 3.05) is 39.5 Å². The molecule has 0 saturated carbocycles. The van der Waals surface area contributed by atoms with Gasteiger partial charge in [-0.2, -0.15) is 0 Å². The standard InChI is InChI=1S/C19H32N2O6/c22-14-17(24)19-18(25)16(23)13-21(12-15-4-6-20-7-5-15)8-3-10-26-9-1-2-11-27-19/h4-7,16-19,22-25H,1-3,8-14H2/t16-,17-,18-,19-/m1/s1. The van der Waals surface area contributed by atoms with Crippen molar-refractivity contribution < 1.29 is 29.9 Å². The predicted octanol–water partition coefficient (Wildman–Crippen LogP) is -0.456. The Hall–Kier alpha value is -1.13. The van der Waals surface area contributed by atoms with Crippen molar-refractivity contribution in [2.24, 2.45) is 0 Å². The van der Waals surface area contributed by atoms with Crippen LogP contribution in [0.3, 0.4) is 0 Å². The monoisotopic (exact) mass is 384 g/mol. The van der Waals surface area contributed by atoms with Crippen LogP contribution in [0, 0.1) is 0 Å². The van der Waals surface area contributed by atoms with E-state index in [-0.39, 0.29) is 6.54 Å². The largest absolute Gasteiger partial charge is 0.394 e. The van der Waals surface area contributed by atoms with Crippen LogP contribution in [-0.2, 0) is 16.0 Å². The lowest BCUT2D eigenvalue weighted by Gasteiger charge is -2.33. The van der Waals surface area contributed by atoms with Gasteiger partial charge >= 0.3 is 0 Å². The van der Waals surface area contributed by atoms with Crippen LogP contribution in [0.4, 0.5) is 0 Å². The van der Waals surface area contributed by atoms with Gasteiger partial charge in [0.2, 0.25) is 0 Å². The van der Waals surface area contributed by atoms with Crippen molar-refractivity contribution in [2.45, 2.75) is 50.2 Å². The average Bonchev–Trinajstić information content (AvgIpc) is 2.68. The van der Waals surface area contributed by atoms with Crippen molar-refractivity contribution in [3.05, 3.63) is 30.1 Å². The lowest BCUT2D eigenvalue weighted by atomic mass is 10.0. The maximum absolute atomic E-state index is 10.5. The minimum Gasteiger partial charge on any atom is -0.394 e. The minimum atomic E-state index is -1.30. The third-order valence-corrected chi connectivity index (χ3v) is 4.65. The highest BCUT2D eigenvalue weighted by Crippen LogP contribution is 2.14. The van der Waals surface area contributed by atoms with Crippen molar-refractivity contribution in [1.82, 2.24) is 9.88 Å². The molecule has 1 aliphatic rings. The number of β-amino-alcohol motifs (C(OH)–C–C–N with tert-alkyl or cyclic N) is 1. The van der Waals surface area contributed by atoms with Crippen molar-refractivity contribution in [1.29, 1.82) is 0 Å². The van der Waals surface area contributed by atoms with Crippen molar-refractivity contribution in [3.63, 3.8) is 0 Å². The molecule has 1 saturated heterocycles. The molecular formula is C19H32N2O6. The number of hydrogen-bond acceptors (Lipinski definition) is 8. The molecule has 4 N–H and O–H groups in total. The number of aliphatic hydroxyl groups is 4. The van der Waals surface area contributed by atoms with Crippen LogP contribution < -0.4 is 0 Å². The summed E-state index contributed by atoms with van der Waals surface area (Å²) in [4.78, 5) is 6.04. The van der Waals surface area contributed by atoms with E-state index in [9.17, 15) is 20.4 Å². The number of pyridine rings is 1. The number of aromatic nitrogens is 1. The fourth-order valence-corrected chi connectivity index (χ4v) is 3.13. The van der Waals surface area contributed by atoms with Gasteiger partial charge in [-0.15, -0.1) is 0 Å². The molecule has 0 aromatic carbocycles. The predicted molar refractivity (Wildman–Crippen MR) is 99.0 cm³/mol. The van der Waals surface area contributed by atoms with Crippen LogP contribution >= 0.6 is 0 Å². The van der Waals surface area contributed by atoms with E-state index in [0.29, 0.717) is 39.3 Å². The number of rotatable bonds is 4. The normalized spacial score (nSPS) is 28.4. The first-order valence-corrected chi connectivity index (χ1v) is 9.57. The molecule has 1 aromatic heterocycles. The zero-order chi connectivity index (χ0) is 19.5.